The van der Waals surface area contributed by atoms with Gasteiger partial charge in [0, 0.05) is 61.8 Å². The second-order valence-electron chi connectivity index (χ2n) is 10.6. The lowest BCUT2D eigenvalue weighted by Crippen LogP contribution is -2.60. The SMILES string of the molecule is C=C(O)c1cc(C(=O)N2CCN(C3CC(CC#N)(n4cc(-c5ccnc6[nH]ccc56)cn4)C3)CC2)nc(C(F)(F)F)n1. The number of aliphatic hydroxyl groups excluding tert-OH is 1. The van der Waals surface area contributed by atoms with Crippen molar-refractivity contribution in [1.29, 1.82) is 5.26 Å². The number of nitrogens with one attached hydrogen (secondary N) is 1. The van der Waals surface area contributed by atoms with Gasteiger partial charge in [-0.2, -0.15) is 23.5 Å². The predicted molar refractivity (Wildman–Crippen MR) is 145 cm³/mol. The molecule has 4 aromatic rings. The number of nitrogens with zero attached hydrogens (tertiary/aromatic N) is 8. The Labute approximate surface area is 237 Å². The van der Waals surface area contributed by atoms with Crippen LogP contribution in [0.5, 0.6) is 0 Å². The number of halogens is 3. The van der Waals surface area contributed by atoms with Crippen molar-refractivity contribution < 1.29 is 23.1 Å². The molecule has 4 aromatic heterocycles. The molecule has 2 N–H and O–H groups in total. The third-order valence-corrected chi connectivity index (χ3v) is 8.09. The minimum absolute atomic E-state index is 0.167. The Kier molecular flexibility index (Phi) is 6.69. The Balaban J connectivity index is 1.12. The molecule has 0 radical (unpaired) electrons. The summed E-state index contributed by atoms with van der Waals surface area (Å²) in [5, 5.41) is 24.8. The largest absolute Gasteiger partial charge is 0.506 e. The Hall–Kier alpha value is -4.77. The first-order valence-corrected chi connectivity index (χ1v) is 13.3. The number of carbonyl (C=O) groups is 1. The predicted octanol–water partition coefficient (Wildman–Crippen LogP) is 3.99. The number of amides is 1. The molecule has 0 bridgehead atoms. The number of nitriles is 1. The van der Waals surface area contributed by atoms with Crippen LogP contribution in [0.4, 0.5) is 13.2 Å². The van der Waals surface area contributed by atoms with E-state index in [1.165, 1.54) is 4.90 Å². The van der Waals surface area contributed by atoms with Gasteiger partial charge in [-0.25, -0.2) is 15.0 Å². The van der Waals surface area contributed by atoms with Crippen molar-refractivity contribution >= 4 is 22.7 Å². The lowest BCUT2D eigenvalue weighted by Gasteiger charge is -2.52. The van der Waals surface area contributed by atoms with Crippen molar-refractivity contribution in [3.8, 4) is 17.2 Å². The van der Waals surface area contributed by atoms with E-state index in [1.54, 1.807) is 12.4 Å². The van der Waals surface area contributed by atoms with E-state index in [0.717, 1.165) is 28.2 Å². The third kappa shape index (κ3) is 4.85. The van der Waals surface area contributed by atoms with Crippen LogP contribution in [0.3, 0.4) is 0 Å². The van der Waals surface area contributed by atoms with E-state index in [2.05, 4.69) is 42.6 Å². The number of hydrogen-bond donors (Lipinski definition) is 2. The molecule has 1 aliphatic carbocycles. The zero-order chi connectivity index (χ0) is 29.6. The maximum Gasteiger partial charge on any atom is 0.451 e. The molecule has 2 aliphatic rings. The molecule has 5 heterocycles. The van der Waals surface area contributed by atoms with Gasteiger partial charge in [-0.1, -0.05) is 6.58 Å². The summed E-state index contributed by atoms with van der Waals surface area (Å²) < 4.78 is 41.7. The van der Waals surface area contributed by atoms with Crippen LogP contribution in [0.1, 0.15) is 41.3 Å². The first-order valence-electron chi connectivity index (χ1n) is 13.3. The number of alkyl halides is 3. The van der Waals surface area contributed by atoms with E-state index in [1.807, 2.05) is 29.2 Å². The fourth-order valence-corrected chi connectivity index (χ4v) is 5.85. The number of aromatic amines is 1. The average molecular weight is 578 g/mol. The first kappa shape index (κ1) is 27.4. The molecule has 0 unspecified atom stereocenters. The van der Waals surface area contributed by atoms with Gasteiger partial charge in [0.2, 0.25) is 5.82 Å². The first-order chi connectivity index (χ1) is 20.1. The number of aromatic nitrogens is 6. The maximum absolute atomic E-state index is 13.3. The summed E-state index contributed by atoms with van der Waals surface area (Å²) in [5.41, 5.74) is 1.36. The molecule has 11 nitrogen and oxygen atoms in total. The number of hydrogen-bond acceptors (Lipinski definition) is 8. The number of piperazine rings is 1. The minimum Gasteiger partial charge on any atom is -0.506 e. The number of aliphatic hydroxyl groups is 1. The van der Waals surface area contributed by atoms with E-state index in [4.69, 9.17) is 0 Å². The Morgan fingerprint density at radius 1 is 1.19 bits per heavy atom. The lowest BCUT2D eigenvalue weighted by atomic mass is 9.70. The van der Waals surface area contributed by atoms with Gasteiger partial charge in [-0.05, 0) is 36.6 Å². The maximum atomic E-state index is 13.3. The summed E-state index contributed by atoms with van der Waals surface area (Å²) in [6, 6.07) is 7.39. The van der Waals surface area contributed by atoms with Gasteiger partial charge in [0.05, 0.1) is 24.2 Å². The van der Waals surface area contributed by atoms with Gasteiger partial charge in [-0.3, -0.25) is 14.4 Å². The van der Waals surface area contributed by atoms with Crippen LogP contribution in [-0.2, 0) is 11.7 Å². The number of carbonyl (C=O) groups excluding carboxylic acids is 1. The van der Waals surface area contributed by atoms with Crippen LogP contribution in [0, 0.1) is 11.3 Å². The van der Waals surface area contributed by atoms with Gasteiger partial charge in [0.25, 0.3) is 5.91 Å². The van der Waals surface area contributed by atoms with Gasteiger partial charge in [0.15, 0.2) is 0 Å². The molecule has 2 fully saturated rings. The van der Waals surface area contributed by atoms with E-state index < -0.39 is 40.6 Å². The summed E-state index contributed by atoms with van der Waals surface area (Å²) in [6.45, 7) is 4.84. The van der Waals surface area contributed by atoms with Crippen molar-refractivity contribution in [2.45, 2.75) is 37.0 Å². The van der Waals surface area contributed by atoms with Crippen molar-refractivity contribution in [1.82, 2.24) is 39.5 Å². The number of H-pyrrole nitrogens is 1. The van der Waals surface area contributed by atoms with Crippen molar-refractivity contribution in [2.75, 3.05) is 26.2 Å². The molecule has 0 aromatic carbocycles. The molecular weight excluding hydrogens is 551 g/mol. The summed E-state index contributed by atoms with van der Waals surface area (Å²) in [7, 11) is 0. The molecule has 1 amide bonds. The topological polar surface area (TPSA) is 140 Å². The van der Waals surface area contributed by atoms with Gasteiger partial charge in [0.1, 0.15) is 22.8 Å². The molecule has 0 atom stereocenters. The molecule has 216 valence electrons. The van der Waals surface area contributed by atoms with Crippen LogP contribution < -0.4 is 0 Å². The summed E-state index contributed by atoms with van der Waals surface area (Å²) in [5.74, 6) is -2.87. The number of pyridine rings is 1. The smallest absolute Gasteiger partial charge is 0.451 e. The van der Waals surface area contributed by atoms with Crippen LogP contribution in [0.15, 0.2) is 49.6 Å². The second kappa shape index (κ2) is 10.3. The molecule has 42 heavy (non-hydrogen) atoms. The standard InChI is InChI=1S/C28H26F3N9O2/c1-17(41)22-12-23(37-26(36-22)28(29,30)31)25(42)39-10-8-38(9-11-39)19-13-27(14-19,4-5-32)40-16-18(15-35-40)20-2-6-33-24-21(20)3-7-34-24/h2-3,6-7,12,15-16,19,41H,1,4,8-11,13-14H2,(H,33,34). The molecule has 1 saturated carbocycles. The molecule has 1 aliphatic heterocycles. The fraction of sp³-hybridized carbons (Fsp3) is 0.357. The lowest BCUT2D eigenvalue weighted by molar-refractivity contribution is -0.145. The fourth-order valence-electron chi connectivity index (χ4n) is 5.85. The highest BCUT2D eigenvalue weighted by Gasteiger charge is 2.49. The average Bonchev–Trinajstić information content (AvgIpc) is 3.64. The van der Waals surface area contributed by atoms with Crippen molar-refractivity contribution in [3.05, 3.63) is 66.8 Å². The summed E-state index contributed by atoms with van der Waals surface area (Å²) >= 11 is 0. The highest BCUT2D eigenvalue weighted by molar-refractivity contribution is 5.93. The summed E-state index contributed by atoms with van der Waals surface area (Å²) in [4.78, 5) is 30.9. The normalized spacial score (nSPS) is 21.2. The summed E-state index contributed by atoms with van der Waals surface area (Å²) in [6.07, 6.45) is 4.16. The molecule has 1 saturated heterocycles. The molecular formula is C28H26F3N9O2. The van der Waals surface area contributed by atoms with Crippen LogP contribution in [0.2, 0.25) is 0 Å². The molecule has 0 spiro atoms. The van der Waals surface area contributed by atoms with E-state index in [0.29, 0.717) is 45.4 Å². The Bertz CT molecular complexity index is 1710. The van der Waals surface area contributed by atoms with Crippen LogP contribution in [0.25, 0.3) is 27.9 Å². The highest BCUT2D eigenvalue weighted by atomic mass is 19.4. The van der Waals surface area contributed by atoms with Crippen molar-refractivity contribution in [3.63, 3.8) is 0 Å². The third-order valence-electron chi connectivity index (χ3n) is 8.09. The van der Waals surface area contributed by atoms with Gasteiger partial charge < -0.3 is 15.0 Å². The number of rotatable bonds is 6. The van der Waals surface area contributed by atoms with Gasteiger partial charge in [-0.15, -0.1) is 0 Å². The van der Waals surface area contributed by atoms with Crippen LogP contribution >= 0.6 is 0 Å². The second-order valence-corrected chi connectivity index (χ2v) is 10.6. The highest BCUT2D eigenvalue weighted by Crippen LogP contribution is 2.45. The van der Waals surface area contributed by atoms with Crippen molar-refractivity contribution in [2.24, 2.45) is 0 Å². The van der Waals surface area contributed by atoms with E-state index >= 15 is 0 Å². The monoisotopic (exact) mass is 577 g/mol. The molecule has 14 heteroatoms. The zero-order valence-electron chi connectivity index (χ0n) is 22.3. The van der Waals surface area contributed by atoms with Gasteiger partial charge >= 0.3 is 6.18 Å². The van der Waals surface area contributed by atoms with E-state index in [-0.39, 0.29) is 6.04 Å². The Morgan fingerprint density at radius 3 is 2.62 bits per heavy atom. The number of fused-ring (bicyclic) bond motifs is 1. The van der Waals surface area contributed by atoms with E-state index in [9.17, 15) is 28.3 Å². The molecule has 6 rings (SSSR count). The zero-order valence-corrected chi connectivity index (χ0v) is 22.3. The minimum atomic E-state index is -4.89. The van der Waals surface area contributed by atoms with Crippen LogP contribution in [-0.4, -0.2) is 82.8 Å². The quantitative estimate of drug-likeness (QED) is 0.328. The Morgan fingerprint density at radius 2 is 1.93 bits per heavy atom.